The first kappa shape index (κ1) is 17.2. The van der Waals surface area contributed by atoms with Crippen molar-refractivity contribution >= 4 is 11.7 Å². The number of carbonyl (C=O) groups is 2. The third kappa shape index (κ3) is 4.07. The maximum absolute atomic E-state index is 12.8. The highest BCUT2D eigenvalue weighted by Crippen LogP contribution is 2.24. The monoisotopic (exact) mass is 342 g/mol. The Balaban J connectivity index is 1.77. The molecule has 2 aromatic rings. The lowest BCUT2D eigenvalue weighted by molar-refractivity contribution is 0.0620. The summed E-state index contributed by atoms with van der Waals surface area (Å²) in [7, 11) is 1.47. The zero-order valence-electron chi connectivity index (χ0n) is 14.3. The Morgan fingerprint density at radius 1 is 1.24 bits per heavy atom. The van der Waals surface area contributed by atoms with E-state index in [0.29, 0.717) is 18.5 Å². The van der Waals surface area contributed by atoms with Crippen LogP contribution in [-0.4, -0.2) is 41.4 Å². The number of likely N-dealkylation sites (tertiary alicyclic amines) is 1. The van der Waals surface area contributed by atoms with E-state index in [2.05, 4.69) is 5.16 Å². The van der Waals surface area contributed by atoms with Gasteiger partial charge in [0.2, 0.25) is 5.76 Å². The molecule has 1 atom stereocenters. The third-order valence-corrected chi connectivity index (χ3v) is 4.56. The van der Waals surface area contributed by atoms with Crippen LogP contribution in [0.3, 0.4) is 0 Å². The molecule has 6 heteroatoms. The van der Waals surface area contributed by atoms with Crippen molar-refractivity contribution in [3.05, 3.63) is 47.7 Å². The van der Waals surface area contributed by atoms with Crippen LogP contribution in [0, 0.1) is 0 Å². The van der Waals surface area contributed by atoms with Crippen LogP contribution >= 0.6 is 0 Å². The van der Waals surface area contributed by atoms with Crippen molar-refractivity contribution in [3.8, 4) is 5.88 Å². The fourth-order valence-corrected chi connectivity index (χ4v) is 3.21. The van der Waals surface area contributed by atoms with Gasteiger partial charge in [-0.1, -0.05) is 43.2 Å². The summed E-state index contributed by atoms with van der Waals surface area (Å²) in [5.74, 6) is 0.245. The van der Waals surface area contributed by atoms with Gasteiger partial charge in [-0.2, -0.15) is 0 Å². The van der Waals surface area contributed by atoms with Gasteiger partial charge in [-0.05, 0) is 18.0 Å². The maximum Gasteiger partial charge on any atom is 0.292 e. The van der Waals surface area contributed by atoms with E-state index < -0.39 is 0 Å². The third-order valence-electron chi connectivity index (χ3n) is 4.56. The fourth-order valence-electron chi connectivity index (χ4n) is 3.21. The molecule has 0 spiro atoms. The number of hydrogen-bond donors (Lipinski definition) is 0. The topological polar surface area (TPSA) is 72.6 Å². The lowest BCUT2D eigenvalue weighted by atomic mass is 9.99. The number of ether oxygens (including phenoxy) is 1. The van der Waals surface area contributed by atoms with Gasteiger partial charge in [0.25, 0.3) is 11.8 Å². The normalized spacial score (nSPS) is 17.8. The molecule has 0 N–H and O–H groups in total. The van der Waals surface area contributed by atoms with Gasteiger partial charge < -0.3 is 14.2 Å². The minimum atomic E-state index is -0.233. The minimum Gasteiger partial charge on any atom is -0.479 e. The van der Waals surface area contributed by atoms with Crippen molar-refractivity contribution in [2.24, 2.45) is 0 Å². The second-order valence-electron chi connectivity index (χ2n) is 6.23. The summed E-state index contributed by atoms with van der Waals surface area (Å²) in [6, 6.07) is 10.6. The first-order valence-electron chi connectivity index (χ1n) is 8.59. The number of amides is 1. The fraction of sp³-hybridized carbons (Fsp3) is 0.421. The number of benzene rings is 1. The van der Waals surface area contributed by atoms with Gasteiger partial charge in [-0.15, -0.1) is 0 Å². The largest absolute Gasteiger partial charge is 0.479 e. The van der Waals surface area contributed by atoms with Gasteiger partial charge in [0.15, 0.2) is 5.78 Å². The Morgan fingerprint density at radius 2 is 2.04 bits per heavy atom. The van der Waals surface area contributed by atoms with E-state index in [1.54, 1.807) is 4.90 Å². The molecule has 1 aliphatic heterocycles. The smallest absolute Gasteiger partial charge is 0.292 e. The molecule has 0 unspecified atom stereocenters. The molecule has 0 aliphatic carbocycles. The minimum absolute atomic E-state index is 0.0560. The van der Waals surface area contributed by atoms with Crippen LogP contribution in [0.5, 0.6) is 5.88 Å². The van der Waals surface area contributed by atoms with Crippen molar-refractivity contribution in [2.45, 2.75) is 38.1 Å². The van der Waals surface area contributed by atoms with E-state index in [1.807, 2.05) is 30.3 Å². The Bertz CT molecular complexity index is 726. The molecule has 1 fully saturated rings. The first-order valence-corrected chi connectivity index (χ1v) is 8.59. The molecule has 1 aromatic carbocycles. The summed E-state index contributed by atoms with van der Waals surface area (Å²) in [5, 5.41) is 3.70. The van der Waals surface area contributed by atoms with Gasteiger partial charge in [-0.25, -0.2) is 0 Å². The van der Waals surface area contributed by atoms with Crippen LogP contribution in [0.15, 0.2) is 40.9 Å². The zero-order valence-corrected chi connectivity index (χ0v) is 14.3. The van der Waals surface area contributed by atoms with Crippen molar-refractivity contribution < 1.29 is 18.8 Å². The number of rotatable bonds is 5. The standard InChI is InChI=1S/C19H22N2O4/c1-24-18-13-17(25-20-18)19(23)21-11-7-3-6-10-15(21)12-16(22)14-8-4-2-5-9-14/h2,4-5,8-9,13,15H,3,6-7,10-12H2,1H3/t15-/m0/s1. The van der Waals surface area contributed by atoms with Crippen molar-refractivity contribution in [3.63, 3.8) is 0 Å². The second-order valence-corrected chi connectivity index (χ2v) is 6.23. The predicted octanol–water partition coefficient (Wildman–Crippen LogP) is 3.34. The SMILES string of the molecule is COc1cc(C(=O)N2CCCCC[C@H]2CC(=O)c2ccccc2)on1. The van der Waals surface area contributed by atoms with Crippen molar-refractivity contribution in [1.82, 2.24) is 10.1 Å². The molecule has 6 nitrogen and oxygen atoms in total. The zero-order chi connectivity index (χ0) is 17.6. The number of ketones is 1. The van der Waals surface area contributed by atoms with Crippen LogP contribution in [0.4, 0.5) is 0 Å². The molecule has 1 saturated heterocycles. The number of carbonyl (C=O) groups excluding carboxylic acids is 2. The molecular formula is C19H22N2O4. The molecule has 1 aromatic heterocycles. The number of nitrogens with zero attached hydrogens (tertiary/aromatic N) is 2. The van der Waals surface area contributed by atoms with Crippen LogP contribution in [0.25, 0.3) is 0 Å². The summed E-state index contributed by atoms with van der Waals surface area (Å²) in [6.45, 7) is 0.620. The molecule has 1 aliphatic rings. The van der Waals surface area contributed by atoms with Gasteiger partial charge >= 0.3 is 0 Å². The highest BCUT2D eigenvalue weighted by molar-refractivity contribution is 5.97. The maximum atomic E-state index is 12.8. The Kier molecular flexibility index (Phi) is 5.48. The van der Waals surface area contributed by atoms with Gasteiger partial charge in [0.1, 0.15) is 0 Å². The Morgan fingerprint density at radius 3 is 2.76 bits per heavy atom. The number of Topliss-reactive ketones (excluding diaryl/α,β-unsaturated/α-hetero) is 1. The average Bonchev–Trinajstić information content (AvgIpc) is 3.02. The van der Waals surface area contributed by atoms with E-state index in [1.165, 1.54) is 13.2 Å². The Hall–Kier alpha value is -2.63. The molecule has 2 heterocycles. The number of aromatic nitrogens is 1. The average molecular weight is 342 g/mol. The summed E-state index contributed by atoms with van der Waals surface area (Å²) in [6.07, 6.45) is 4.12. The molecule has 0 bridgehead atoms. The Labute approximate surface area is 146 Å². The van der Waals surface area contributed by atoms with Gasteiger partial charge in [0, 0.05) is 24.6 Å². The van der Waals surface area contributed by atoms with E-state index >= 15 is 0 Å². The highest BCUT2D eigenvalue weighted by atomic mass is 16.5. The van der Waals surface area contributed by atoms with Gasteiger partial charge in [-0.3, -0.25) is 9.59 Å². The van der Waals surface area contributed by atoms with E-state index in [4.69, 9.17) is 9.26 Å². The lowest BCUT2D eigenvalue weighted by Crippen LogP contribution is -2.41. The second kappa shape index (κ2) is 7.96. The van der Waals surface area contributed by atoms with Crippen molar-refractivity contribution in [1.29, 1.82) is 0 Å². The molecule has 132 valence electrons. The van der Waals surface area contributed by atoms with Crippen molar-refractivity contribution in [2.75, 3.05) is 13.7 Å². The molecule has 3 rings (SSSR count). The molecule has 1 amide bonds. The summed E-state index contributed by atoms with van der Waals surface area (Å²) in [4.78, 5) is 27.2. The van der Waals surface area contributed by atoms with E-state index in [9.17, 15) is 9.59 Å². The van der Waals surface area contributed by atoms with Crippen LogP contribution in [-0.2, 0) is 0 Å². The van der Waals surface area contributed by atoms with Crippen LogP contribution < -0.4 is 4.74 Å². The predicted molar refractivity (Wildman–Crippen MR) is 91.7 cm³/mol. The van der Waals surface area contributed by atoms with Crippen LogP contribution in [0.1, 0.15) is 53.0 Å². The van der Waals surface area contributed by atoms with Gasteiger partial charge in [0.05, 0.1) is 13.2 Å². The first-order chi connectivity index (χ1) is 12.2. The number of hydrogen-bond acceptors (Lipinski definition) is 5. The highest BCUT2D eigenvalue weighted by Gasteiger charge is 2.30. The van der Waals surface area contributed by atoms with E-state index in [-0.39, 0.29) is 29.4 Å². The quantitative estimate of drug-likeness (QED) is 0.779. The number of methoxy groups -OCH3 is 1. The molecule has 0 radical (unpaired) electrons. The molecular weight excluding hydrogens is 320 g/mol. The summed E-state index contributed by atoms with van der Waals surface area (Å²) >= 11 is 0. The lowest BCUT2D eigenvalue weighted by Gasteiger charge is -2.28. The van der Waals surface area contributed by atoms with Crippen LogP contribution in [0.2, 0.25) is 0 Å². The molecule has 25 heavy (non-hydrogen) atoms. The summed E-state index contributed by atoms with van der Waals surface area (Å²) in [5.41, 5.74) is 0.681. The molecule has 0 saturated carbocycles. The summed E-state index contributed by atoms with van der Waals surface area (Å²) < 4.78 is 10.1. The van der Waals surface area contributed by atoms with E-state index in [0.717, 1.165) is 25.7 Å².